The third kappa shape index (κ3) is 1.78. The summed E-state index contributed by atoms with van der Waals surface area (Å²) in [5.74, 6) is 0.990. The van der Waals surface area contributed by atoms with Gasteiger partial charge in [-0.05, 0) is 26.8 Å². The Bertz CT molecular complexity index is 534. The Hall–Kier alpha value is -1.98. The van der Waals surface area contributed by atoms with Gasteiger partial charge in [0.1, 0.15) is 5.82 Å². The van der Waals surface area contributed by atoms with Crippen LogP contribution in [0.4, 0.5) is 0 Å². The minimum Gasteiger partial charge on any atom is -0.244 e. The van der Waals surface area contributed by atoms with Gasteiger partial charge in [0.25, 0.3) is 5.95 Å². The van der Waals surface area contributed by atoms with Crippen LogP contribution >= 0.6 is 0 Å². The van der Waals surface area contributed by atoms with Crippen LogP contribution in [0.25, 0.3) is 5.95 Å². The molecule has 78 valence electrons. The summed E-state index contributed by atoms with van der Waals surface area (Å²) < 4.78 is 1.47. The van der Waals surface area contributed by atoms with Crippen LogP contribution in [0.5, 0.6) is 0 Å². The normalized spacial score (nSPS) is 10.6. The fourth-order valence-corrected chi connectivity index (χ4v) is 1.40. The van der Waals surface area contributed by atoms with Crippen LogP contribution in [-0.2, 0) is 0 Å². The lowest BCUT2D eigenvalue weighted by Gasteiger charge is -2.03. The second kappa shape index (κ2) is 3.30. The van der Waals surface area contributed by atoms with Gasteiger partial charge in [0.15, 0.2) is 0 Å². The van der Waals surface area contributed by atoms with Gasteiger partial charge in [0.05, 0.1) is 0 Å². The average molecular weight is 205 g/mol. The Morgan fingerprint density at radius 3 is 2.20 bits per heavy atom. The number of nitrogens with zero attached hydrogens (tertiary/aromatic N) is 4. The number of aromatic nitrogens is 5. The van der Waals surface area contributed by atoms with Crippen molar-refractivity contribution in [2.24, 2.45) is 0 Å². The lowest BCUT2D eigenvalue weighted by atomic mass is 10.4. The largest absolute Gasteiger partial charge is 0.361 e. The van der Waals surface area contributed by atoms with E-state index in [1.165, 1.54) is 4.68 Å². The summed E-state index contributed by atoms with van der Waals surface area (Å²) in [6.45, 7) is 5.48. The van der Waals surface area contributed by atoms with Gasteiger partial charge in [-0.2, -0.15) is 4.98 Å². The van der Waals surface area contributed by atoms with Crippen LogP contribution < -0.4 is 5.69 Å². The van der Waals surface area contributed by atoms with Crippen molar-refractivity contribution >= 4 is 0 Å². The van der Waals surface area contributed by atoms with Crippen molar-refractivity contribution in [2.75, 3.05) is 0 Å². The Morgan fingerprint density at radius 1 is 1.13 bits per heavy atom. The average Bonchev–Trinajstić information content (AvgIpc) is 2.43. The molecule has 2 aromatic rings. The van der Waals surface area contributed by atoms with E-state index in [0.717, 1.165) is 11.4 Å². The van der Waals surface area contributed by atoms with Gasteiger partial charge in [0.2, 0.25) is 0 Å². The molecule has 0 saturated heterocycles. The molecule has 6 nitrogen and oxygen atoms in total. The molecule has 0 spiro atoms. The summed E-state index contributed by atoms with van der Waals surface area (Å²) in [5.41, 5.74) is 1.31. The van der Waals surface area contributed by atoms with E-state index in [9.17, 15) is 4.79 Å². The summed E-state index contributed by atoms with van der Waals surface area (Å²) in [5, 5.41) is 2.54. The summed E-state index contributed by atoms with van der Waals surface area (Å²) in [6, 6.07) is 1.87. The van der Waals surface area contributed by atoms with Crippen LogP contribution in [0.3, 0.4) is 0 Å². The third-order valence-electron chi connectivity index (χ3n) is 1.96. The van der Waals surface area contributed by atoms with Crippen LogP contribution in [0.1, 0.15) is 17.2 Å². The molecule has 6 heteroatoms. The maximum absolute atomic E-state index is 11.0. The maximum Gasteiger partial charge on any atom is 0.361 e. The molecule has 0 aliphatic carbocycles. The van der Waals surface area contributed by atoms with Crippen molar-refractivity contribution in [1.29, 1.82) is 0 Å². The van der Waals surface area contributed by atoms with E-state index in [2.05, 4.69) is 20.1 Å². The molecule has 2 heterocycles. The van der Waals surface area contributed by atoms with E-state index in [4.69, 9.17) is 0 Å². The maximum atomic E-state index is 11.0. The Morgan fingerprint density at radius 2 is 1.73 bits per heavy atom. The molecule has 0 fully saturated rings. The standard InChI is InChI=1S/C9H11N5O/c1-5-4-6(2)11-8(10-5)14-7(3)12-9(15)13-14/h4H,1-3H3,(H,13,15). The van der Waals surface area contributed by atoms with Gasteiger partial charge < -0.3 is 0 Å². The topological polar surface area (TPSA) is 76.5 Å². The zero-order chi connectivity index (χ0) is 11.0. The van der Waals surface area contributed by atoms with Crippen molar-refractivity contribution in [3.63, 3.8) is 0 Å². The van der Waals surface area contributed by atoms with E-state index in [1.807, 2.05) is 19.9 Å². The van der Waals surface area contributed by atoms with Crippen LogP contribution in [-0.4, -0.2) is 24.7 Å². The van der Waals surface area contributed by atoms with Crippen molar-refractivity contribution in [2.45, 2.75) is 20.8 Å². The number of H-pyrrole nitrogens is 1. The minimum absolute atomic E-state index is 0.393. The van der Waals surface area contributed by atoms with Gasteiger partial charge in [-0.1, -0.05) is 0 Å². The second-order valence-electron chi connectivity index (χ2n) is 3.36. The number of aromatic amines is 1. The highest BCUT2D eigenvalue weighted by Gasteiger charge is 2.07. The molecule has 2 aromatic heterocycles. The summed E-state index contributed by atoms with van der Waals surface area (Å²) in [7, 11) is 0. The minimum atomic E-state index is -0.393. The molecule has 0 radical (unpaired) electrons. The van der Waals surface area contributed by atoms with E-state index in [-0.39, 0.29) is 0 Å². The highest BCUT2D eigenvalue weighted by atomic mass is 16.1. The first-order valence-corrected chi connectivity index (χ1v) is 4.54. The monoisotopic (exact) mass is 205 g/mol. The molecule has 0 aliphatic rings. The van der Waals surface area contributed by atoms with Crippen LogP contribution in [0, 0.1) is 20.8 Å². The van der Waals surface area contributed by atoms with E-state index < -0.39 is 5.69 Å². The van der Waals surface area contributed by atoms with Gasteiger partial charge in [-0.3, -0.25) is 0 Å². The van der Waals surface area contributed by atoms with Crippen molar-refractivity contribution in [3.8, 4) is 5.95 Å². The number of hydrogen-bond donors (Lipinski definition) is 1. The first-order valence-electron chi connectivity index (χ1n) is 4.54. The van der Waals surface area contributed by atoms with Gasteiger partial charge in [0, 0.05) is 11.4 Å². The predicted octanol–water partition coefficient (Wildman–Crippen LogP) is 0.276. The highest BCUT2D eigenvalue weighted by molar-refractivity contribution is 5.17. The number of nitrogens with one attached hydrogen (secondary N) is 1. The van der Waals surface area contributed by atoms with Crippen LogP contribution in [0.15, 0.2) is 10.9 Å². The molecule has 0 aromatic carbocycles. The molecule has 1 N–H and O–H groups in total. The van der Waals surface area contributed by atoms with Gasteiger partial charge >= 0.3 is 5.69 Å². The fraction of sp³-hybridized carbons (Fsp3) is 0.333. The zero-order valence-electron chi connectivity index (χ0n) is 8.77. The lowest BCUT2D eigenvalue weighted by molar-refractivity contribution is 0.760. The molecular formula is C9H11N5O. The Labute approximate surface area is 86.0 Å². The Kier molecular flexibility index (Phi) is 2.11. The summed E-state index contributed by atoms with van der Waals surface area (Å²) in [4.78, 5) is 23.2. The molecule has 15 heavy (non-hydrogen) atoms. The fourth-order valence-electron chi connectivity index (χ4n) is 1.40. The molecule has 0 aliphatic heterocycles. The Balaban J connectivity index is 2.63. The molecule has 0 atom stereocenters. The van der Waals surface area contributed by atoms with E-state index >= 15 is 0 Å². The summed E-state index contributed by atoms with van der Waals surface area (Å²) in [6.07, 6.45) is 0. The zero-order valence-corrected chi connectivity index (χ0v) is 8.77. The van der Waals surface area contributed by atoms with E-state index in [1.54, 1.807) is 6.92 Å². The van der Waals surface area contributed by atoms with Crippen LogP contribution in [0.2, 0.25) is 0 Å². The summed E-state index contributed by atoms with van der Waals surface area (Å²) >= 11 is 0. The van der Waals surface area contributed by atoms with Crippen molar-refractivity contribution in [3.05, 3.63) is 33.8 Å². The highest BCUT2D eigenvalue weighted by Crippen LogP contribution is 2.03. The molecular weight excluding hydrogens is 194 g/mol. The molecule has 0 amide bonds. The second-order valence-corrected chi connectivity index (χ2v) is 3.36. The predicted molar refractivity (Wildman–Crippen MR) is 54.0 cm³/mol. The van der Waals surface area contributed by atoms with Crippen molar-refractivity contribution < 1.29 is 0 Å². The molecule has 0 bridgehead atoms. The van der Waals surface area contributed by atoms with Gasteiger partial charge in [-0.15, -0.1) is 0 Å². The quantitative estimate of drug-likeness (QED) is 0.725. The number of aryl methyl sites for hydroxylation is 3. The molecule has 0 unspecified atom stereocenters. The number of hydrogen-bond acceptors (Lipinski definition) is 4. The smallest absolute Gasteiger partial charge is 0.244 e. The molecule has 0 saturated carbocycles. The van der Waals surface area contributed by atoms with Crippen molar-refractivity contribution in [1.82, 2.24) is 24.7 Å². The van der Waals surface area contributed by atoms with E-state index in [0.29, 0.717) is 11.8 Å². The SMILES string of the molecule is Cc1cc(C)nc(-n2[nH]c(=O)nc2C)n1. The third-order valence-corrected chi connectivity index (χ3v) is 1.96. The molecule has 2 rings (SSSR count). The lowest BCUT2D eigenvalue weighted by Crippen LogP contribution is -2.09. The number of rotatable bonds is 1. The first kappa shape index (κ1) is 9.57. The van der Waals surface area contributed by atoms with Gasteiger partial charge in [-0.25, -0.2) is 24.5 Å². The first-order chi connectivity index (χ1) is 7.06.